The number of amides is 3. The van der Waals surface area contributed by atoms with Crippen LogP contribution in [0.3, 0.4) is 0 Å². The number of anilines is 1. The Bertz CT molecular complexity index is 862. The summed E-state index contributed by atoms with van der Waals surface area (Å²) >= 11 is 0. The minimum atomic E-state index is -2.96. The van der Waals surface area contributed by atoms with E-state index < -0.39 is 9.84 Å². The molecular formula is C19H31N5O5S. The van der Waals surface area contributed by atoms with Crippen LogP contribution >= 0.6 is 0 Å². The Balaban J connectivity index is 1.48. The molecule has 1 aromatic rings. The molecule has 3 rings (SSSR count). The molecule has 0 radical (unpaired) electrons. The van der Waals surface area contributed by atoms with E-state index in [0.717, 1.165) is 0 Å². The van der Waals surface area contributed by atoms with Crippen molar-refractivity contribution in [3.8, 4) is 0 Å². The maximum absolute atomic E-state index is 12.6. The second-order valence-electron chi connectivity index (χ2n) is 8.91. The van der Waals surface area contributed by atoms with Gasteiger partial charge in [0, 0.05) is 50.7 Å². The number of nitrogens with zero attached hydrogens (tertiary/aromatic N) is 4. The van der Waals surface area contributed by atoms with Crippen molar-refractivity contribution in [2.45, 2.75) is 32.6 Å². The van der Waals surface area contributed by atoms with Crippen molar-refractivity contribution in [3.63, 3.8) is 0 Å². The number of carbonyl (C=O) groups excluding carboxylic acids is 2. The third-order valence-corrected chi connectivity index (χ3v) is 7.03. The topological polar surface area (TPSA) is 116 Å². The fraction of sp³-hybridized carbons (Fsp3) is 0.737. The van der Waals surface area contributed by atoms with Gasteiger partial charge < -0.3 is 14.3 Å². The highest BCUT2D eigenvalue weighted by Gasteiger charge is 2.27. The van der Waals surface area contributed by atoms with Crippen LogP contribution < -0.4 is 5.32 Å². The molecule has 1 N–H and O–H groups in total. The molecule has 2 saturated heterocycles. The first-order chi connectivity index (χ1) is 14.0. The van der Waals surface area contributed by atoms with Gasteiger partial charge in [-0.05, 0) is 6.42 Å². The van der Waals surface area contributed by atoms with Crippen molar-refractivity contribution in [1.82, 2.24) is 19.9 Å². The van der Waals surface area contributed by atoms with Gasteiger partial charge in [0.1, 0.15) is 5.76 Å². The zero-order valence-corrected chi connectivity index (χ0v) is 18.7. The fourth-order valence-corrected chi connectivity index (χ4v) is 4.72. The minimum absolute atomic E-state index is 0.0251. The molecule has 2 aliphatic heterocycles. The summed E-state index contributed by atoms with van der Waals surface area (Å²) in [5.41, 5.74) is -0.196. The van der Waals surface area contributed by atoms with E-state index in [1.165, 1.54) is 0 Å². The van der Waals surface area contributed by atoms with Crippen LogP contribution in [-0.4, -0.2) is 97.5 Å². The quantitative estimate of drug-likeness (QED) is 0.736. The van der Waals surface area contributed by atoms with Gasteiger partial charge in [-0.1, -0.05) is 25.9 Å². The van der Waals surface area contributed by atoms with Crippen LogP contribution in [0, 0.1) is 0 Å². The van der Waals surface area contributed by atoms with Gasteiger partial charge >= 0.3 is 6.03 Å². The van der Waals surface area contributed by atoms with Crippen molar-refractivity contribution < 1.29 is 22.5 Å². The van der Waals surface area contributed by atoms with Gasteiger partial charge in [0.15, 0.2) is 15.7 Å². The maximum atomic E-state index is 12.6. The van der Waals surface area contributed by atoms with E-state index in [-0.39, 0.29) is 35.4 Å². The second-order valence-corrected chi connectivity index (χ2v) is 11.2. The van der Waals surface area contributed by atoms with E-state index in [2.05, 4.69) is 10.5 Å². The number of carbonyl (C=O) groups is 2. The molecule has 0 bridgehead atoms. The highest BCUT2D eigenvalue weighted by molar-refractivity contribution is 7.91. The average Bonchev–Trinajstić information content (AvgIpc) is 2.99. The number of hydrogen-bond donors (Lipinski definition) is 1. The standard InChI is InChI=1S/C19H31N5O5S/c1-19(2,3)15-13-16(21-29-15)20-18(26)24-6-4-5-23(7-8-24)17(25)14-22-9-11-30(27,28)12-10-22/h13H,4-12,14H2,1-3H3,(H,20,21,26). The number of aromatic nitrogens is 1. The Morgan fingerprint density at radius 1 is 1.07 bits per heavy atom. The molecule has 168 valence electrons. The lowest BCUT2D eigenvalue weighted by Gasteiger charge is -2.29. The largest absolute Gasteiger partial charge is 0.359 e. The summed E-state index contributed by atoms with van der Waals surface area (Å²) in [5, 5.41) is 6.68. The van der Waals surface area contributed by atoms with Crippen LogP contribution in [0.2, 0.25) is 0 Å². The SMILES string of the molecule is CC(C)(C)c1cc(NC(=O)N2CCCN(C(=O)CN3CCS(=O)(=O)CC3)CC2)no1. The lowest BCUT2D eigenvalue weighted by Crippen LogP contribution is -2.47. The first-order valence-electron chi connectivity index (χ1n) is 10.3. The van der Waals surface area contributed by atoms with Crippen LogP contribution in [0.15, 0.2) is 10.6 Å². The summed E-state index contributed by atoms with van der Waals surface area (Å²) in [6.07, 6.45) is 0.680. The van der Waals surface area contributed by atoms with Gasteiger partial charge in [-0.2, -0.15) is 0 Å². The normalized spacial score (nSPS) is 20.6. The zero-order valence-electron chi connectivity index (χ0n) is 17.9. The number of hydrogen-bond acceptors (Lipinski definition) is 7. The molecule has 10 nitrogen and oxygen atoms in total. The molecule has 30 heavy (non-hydrogen) atoms. The highest BCUT2D eigenvalue weighted by Crippen LogP contribution is 2.24. The van der Waals surface area contributed by atoms with Crippen LogP contribution in [0.5, 0.6) is 0 Å². The van der Waals surface area contributed by atoms with E-state index in [0.29, 0.717) is 57.3 Å². The number of rotatable bonds is 3. The molecule has 3 heterocycles. The molecule has 0 unspecified atom stereocenters. The second kappa shape index (κ2) is 8.93. The summed E-state index contributed by atoms with van der Waals surface area (Å²) in [4.78, 5) is 30.5. The highest BCUT2D eigenvalue weighted by atomic mass is 32.2. The van der Waals surface area contributed by atoms with E-state index in [1.807, 2.05) is 25.7 Å². The third-order valence-electron chi connectivity index (χ3n) is 5.42. The van der Waals surface area contributed by atoms with E-state index >= 15 is 0 Å². The molecule has 2 fully saturated rings. The van der Waals surface area contributed by atoms with Crippen LogP contribution in [-0.2, 0) is 20.0 Å². The lowest BCUT2D eigenvalue weighted by atomic mass is 9.93. The molecular weight excluding hydrogens is 410 g/mol. The Morgan fingerprint density at radius 2 is 1.70 bits per heavy atom. The predicted molar refractivity (Wildman–Crippen MR) is 112 cm³/mol. The molecule has 0 aromatic carbocycles. The van der Waals surface area contributed by atoms with Crippen molar-refractivity contribution in [3.05, 3.63) is 11.8 Å². The van der Waals surface area contributed by atoms with E-state index in [1.54, 1.807) is 15.9 Å². The molecule has 0 saturated carbocycles. The summed E-state index contributed by atoms with van der Waals surface area (Å²) in [6.45, 7) is 9.01. The van der Waals surface area contributed by atoms with Gasteiger partial charge in [0.05, 0.1) is 18.1 Å². The summed E-state index contributed by atoms with van der Waals surface area (Å²) < 4.78 is 28.4. The minimum Gasteiger partial charge on any atom is -0.359 e. The summed E-state index contributed by atoms with van der Waals surface area (Å²) in [5.74, 6) is 1.25. The zero-order chi connectivity index (χ0) is 21.9. The van der Waals surface area contributed by atoms with E-state index in [4.69, 9.17) is 4.52 Å². The number of urea groups is 1. The van der Waals surface area contributed by atoms with E-state index in [9.17, 15) is 18.0 Å². The smallest absolute Gasteiger partial charge is 0.323 e. The van der Waals surface area contributed by atoms with Gasteiger partial charge in [-0.15, -0.1) is 0 Å². The Morgan fingerprint density at radius 3 is 2.33 bits per heavy atom. The van der Waals surface area contributed by atoms with Crippen LogP contribution in [0.4, 0.5) is 10.6 Å². The first-order valence-corrected chi connectivity index (χ1v) is 12.1. The Hall–Kier alpha value is -2.14. The molecule has 0 atom stereocenters. The number of nitrogens with one attached hydrogen (secondary N) is 1. The fourth-order valence-electron chi connectivity index (χ4n) is 3.45. The van der Waals surface area contributed by atoms with Crippen molar-refractivity contribution >= 4 is 27.6 Å². The molecule has 3 amide bonds. The van der Waals surface area contributed by atoms with Gasteiger partial charge in [-0.25, -0.2) is 13.2 Å². The Labute approximate surface area is 177 Å². The molecule has 2 aliphatic rings. The lowest BCUT2D eigenvalue weighted by molar-refractivity contribution is -0.132. The maximum Gasteiger partial charge on any atom is 0.323 e. The molecule has 1 aromatic heterocycles. The van der Waals surface area contributed by atoms with Gasteiger partial charge in [-0.3, -0.25) is 15.0 Å². The third kappa shape index (κ3) is 5.94. The van der Waals surface area contributed by atoms with Crippen molar-refractivity contribution in [1.29, 1.82) is 0 Å². The Kier molecular flexibility index (Phi) is 6.71. The predicted octanol–water partition coefficient (Wildman–Crippen LogP) is 0.769. The van der Waals surface area contributed by atoms with Gasteiger partial charge in [0.25, 0.3) is 0 Å². The number of sulfone groups is 1. The molecule has 0 aliphatic carbocycles. The first kappa shape index (κ1) is 22.5. The average molecular weight is 442 g/mol. The monoisotopic (exact) mass is 441 g/mol. The van der Waals surface area contributed by atoms with Crippen LogP contribution in [0.25, 0.3) is 0 Å². The molecule has 0 spiro atoms. The van der Waals surface area contributed by atoms with Crippen molar-refractivity contribution in [2.75, 3.05) is 62.6 Å². The van der Waals surface area contributed by atoms with Gasteiger partial charge in [0.2, 0.25) is 5.91 Å². The molecule has 11 heteroatoms. The summed E-state index contributed by atoms with van der Waals surface area (Å²) in [7, 11) is -2.96. The van der Waals surface area contributed by atoms with Crippen molar-refractivity contribution in [2.24, 2.45) is 0 Å². The van der Waals surface area contributed by atoms with Crippen LogP contribution in [0.1, 0.15) is 33.0 Å². The summed E-state index contributed by atoms with van der Waals surface area (Å²) in [6, 6.07) is 1.46.